The molecule has 2 aliphatic carbocycles. The van der Waals surface area contributed by atoms with E-state index in [1.807, 2.05) is 19.1 Å². The highest BCUT2D eigenvalue weighted by atomic mass is 16.5. The van der Waals surface area contributed by atoms with Crippen molar-refractivity contribution in [1.29, 1.82) is 5.26 Å². The summed E-state index contributed by atoms with van der Waals surface area (Å²) < 4.78 is 7.29. The third-order valence-electron chi connectivity index (χ3n) is 8.54. The molecule has 3 aromatic rings. The Balaban J connectivity index is 1.10. The molecule has 8 heteroatoms. The minimum atomic E-state index is -0.571. The number of carbonyl (C=O) groups is 1. The van der Waals surface area contributed by atoms with E-state index in [0.29, 0.717) is 23.2 Å². The molecule has 2 saturated carbocycles. The number of hydrogen-bond acceptors (Lipinski definition) is 6. The maximum Gasteiger partial charge on any atom is 0.259 e. The molecule has 1 saturated heterocycles. The van der Waals surface area contributed by atoms with Crippen molar-refractivity contribution < 1.29 is 9.53 Å². The van der Waals surface area contributed by atoms with Gasteiger partial charge in [-0.3, -0.25) is 14.7 Å². The minimum Gasteiger partial charge on any atom is -0.379 e. The van der Waals surface area contributed by atoms with E-state index in [0.717, 1.165) is 69.1 Å². The van der Waals surface area contributed by atoms with Crippen LogP contribution in [-0.4, -0.2) is 57.9 Å². The van der Waals surface area contributed by atoms with Gasteiger partial charge in [-0.2, -0.15) is 10.4 Å². The number of anilines is 1. The number of ether oxygens (including phenoxy) is 1. The molecule has 1 N–H and O–H groups in total. The monoisotopic (exact) mass is 510 g/mol. The van der Waals surface area contributed by atoms with Crippen LogP contribution >= 0.6 is 0 Å². The van der Waals surface area contributed by atoms with Crippen LogP contribution in [0.4, 0.5) is 5.69 Å². The number of nitriles is 1. The summed E-state index contributed by atoms with van der Waals surface area (Å²) in [4.78, 5) is 20.2. The van der Waals surface area contributed by atoms with Crippen molar-refractivity contribution in [3.05, 3.63) is 71.3 Å². The summed E-state index contributed by atoms with van der Waals surface area (Å²) in [5, 5.41) is 17.5. The van der Waals surface area contributed by atoms with Crippen molar-refractivity contribution in [2.75, 3.05) is 31.6 Å². The largest absolute Gasteiger partial charge is 0.379 e. The van der Waals surface area contributed by atoms with Gasteiger partial charge in [-0.15, -0.1) is 0 Å². The number of nitrogens with zero attached hydrogens (tertiary/aromatic N) is 5. The number of amides is 1. The standard InChI is InChI=1S/C30H34N6O2/c1-21-27(19-33-36(21)26-7-4-23(5-8-26)22-2-3-22)29(37)34-24-6-9-28(32-18-24)30(20-31)12-10-25(11-13-30)35-14-16-38-17-15-35/h4-9,18-19,22,25H,2-3,10-17H2,1H3,(H,34,37)/t25-,30-. The topological polar surface area (TPSA) is 96.1 Å². The molecular formula is C30H34N6O2. The summed E-state index contributed by atoms with van der Waals surface area (Å²) in [6, 6.07) is 15.3. The molecule has 0 atom stereocenters. The molecule has 0 spiro atoms. The molecule has 1 aromatic carbocycles. The van der Waals surface area contributed by atoms with Gasteiger partial charge in [0.15, 0.2) is 0 Å². The Morgan fingerprint density at radius 1 is 1.05 bits per heavy atom. The first-order valence-corrected chi connectivity index (χ1v) is 13.7. The first-order valence-electron chi connectivity index (χ1n) is 13.7. The molecule has 3 aliphatic rings. The fourth-order valence-electron chi connectivity index (χ4n) is 5.97. The number of hydrogen-bond donors (Lipinski definition) is 1. The fourth-order valence-corrected chi connectivity index (χ4v) is 5.97. The van der Waals surface area contributed by atoms with Crippen molar-refractivity contribution in [1.82, 2.24) is 19.7 Å². The van der Waals surface area contributed by atoms with Gasteiger partial charge in [0.25, 0.3) is 5.91 Å². The Morgan fingerprint density at radius 3 is 2.42 bits per heavy atom. The van der Waals surface area contributed by atoms with Crippen LogP contribution in [0.15, 0.2) is 48.8 Å². The van der Waals surface area contributed by atoms with Gasteiger partial charge in [-0.25, -0.2) is 4.68 Å². The highest BCUT2D eigenvalue weighted by molar-refractivity contribution is 6.04. The Bertz CT molecular complexity index is 1320. The van der Waals surface area contributed by atoms with E-state index in [1.165, 1.54) is 18.4 Å². The molecule has 1 amide bonds. The Kier molecular flexibility index (Phi) is 6.73. The summed E-state index contributed by atoms with van der Waals surface area (Å²) in [5.74, 6) is 0.483. The fraction of sp³-hybridized carbons (Fsp3) is 0.467. The quantitative estimate of drug-likeness (QED) is 0.515. The maximum absolute atomic E-state index is 13.1. The van der Waals surface area contributed by atoms with Crippen LogP contribution in [0.1, 0.15) is 71.8 Å². The van der Waals surface area contributed by atoms with Gasteiger partial charge in [-0.05, 0) is 81.2 Å². The van der Waals surface area contributed by atoms with E-state index in [-0.39, 0.29) is 5.91 Å². The van der Waals surface area contributed by atoms with Crippen LogP contribution in [0.5, 0.6) is 0 Å². The molecule has 0 radical (unpaired) electrons. The van der Waals surface area contributed by atoms with Crippen LogP contribution in [0.25, 0.3) is 5.69 Å². The average Bonchev–Trinajstić information content (AvgIpc) is 3.75. The summed E-state index contributed by atoms with van der Waals surface area (Å²) in [6.45, 7) is 5.44. The number of morpholine rings is 1. The lowest BCUT2D eigenvalue weighted by Gasteiger charge is -2.41. The summed E-state index contributed by atoms with van der Waals surface area (Å²) in [6.07, 6.45) is 9.38. The van der Waals surface area contributed by atoms with Crippen molar-refractivity contribution in [3.8, 4) is 11.8 Å². The zero-order valence-corrected chi connectivity index (χ0v) is 21.9. The summed E-state index contributed by atoms with van der Waals surface area (Å²) >= 11 is 0. The van der Waals surface area contributed by atoms with Crippen LogP contribution in [-0.2, 0) is 10.2 Å². The van der Waals surface area contributed by atoms with Crippen LogP contribution < -0.4 is 5.32 Å². The molecule has 3 heterocycles. The highest BCUT2D eigenvalue weighted by Crippen LogP contribution is 2.41. The number of carbonyl (C=O) groups excluding carboxylic acids is 1. The third-order valence-corrected chi connectivity index (χ3v) is 8.54. The Hall–Kier alpha value is -3.54. The third kappa shape index (κ3) is 4.84. The molecule has 3 fully saturated rings. The Labute approximate surface area is 223 Å². The second-order valence-electron chi connectivity index (χ2n) is 10.9. The molecule has 38 heavy (non-hydrogen) atoms. The molecule has 2 aromatic heterocycles. The van der Waals surface area contributed by atoms with Gasteiger partial charge in [0.05, 0.1) is 65.4 Å². The summed E-state index contributed by atoms with van der Waals surface area (Å²) in [5.41, 5.74) is 4.45. The van der Waals surface area contributed by atoms with E-state index in [1.54, 1.807) is 17.1 Å². The van der Waals surface area contributed by atoms with E-state index in [9.17, 15) is 10.1 Å². The molecular weight excluding hydrogens is 476 g/mol. The van der Waals surface area contributed by atoms with E-state index < -0.39 is 5.41 Å². The second kappa shape index (κ2) is 10.3. The van der Waals surface area contributed by atoms with E-state index >= 15 is 0 Å². The summed E-state index contributed by atoms with van der Waals surface area (Å²) in [7, 11) is 0. The number of rotatable bonds is 6. The lowest BCUT2D eigenvalue weighted by molar-refractivity contribution is 0.00493. The van der Waals surface area contributed by atoms with Gasteiger partial charge in [0.2, 0.25) is 0 Å². The van der Waals surface area contributed by atoms with Gasteiger partial charge in [0, 0.05) is 19.1 Å². The van der Waals surface area contributed by atoms with E-state index in [2.05, 4.69) is 50.6 Å². The van der Waals surface area contributed by atoms with Crippen LogP contribution in [0.3, 0.4) is 0 Å². The molecule has 196 valence electrons. The predicted molar refractivity (Wildman–Crippen MR) is 144 cm³/mol. The van der Waals surface area contributed by atoms with Crippen LogP contribution in [0.2, 0.25) is 0 Å². The maximum atomic E-state index is 13.1. The van der Waals surface area contributed by atoms with E-state index in [4.69, 9.17) is 4.74 Å². The second-order valence-corrected chi connectivity index (χ2v) is 10.9. The zero-order valence-electron chi connectivity index (χ0n) is 21.9. The molecule has 8 nitrogen and oxygen atoms in total. The molecule has 0 bridgehead atoms. The molecule has 1 aliphatic heterocycles. The minimum absolute atomic E-state index is 0.223. The van der Waals surface area contributed by atoms with Gasteiger partial charge in [0.1, 0.15) is 0 Å². The SMILES string of the molecule is Cc1c(C(=O)Nc2ccc([C@]3(C#N)CC[C@@H](N4CCOCC4)CC3)nc2)cnn1-c1ccc(C2CC2)cc1. The van der Waals surface area contributed by atoms with Crippen molar-refractivity contribution in [3.63, 3.8) is 0 Å². The number of nitrogens with one attached hydrogen (secondary N) is 1. The first-order chi connectivity index (χ1) is 18.6. The number of pyridine rings is 1. The number of aromatic nitrogens is 3. The zero-order chi connectivity index (χ0) is 26.1. The molecule has 6 rings (SSSR count). The average molecular weight is 511 g/mol. The van der Waals surface area contributed by atoms with Crippen molar-refractivity contribution in [2.45, 2.75) is 62.8 Å². The highest BCUT2D eigenvalue weighted by Gasteiger charge is 2.40. The Morgan fingerprint density at radius 2 is 1.79 bits per heavy atom. The van der Waals surface area contributed by atoms with Crippen molar-refractivity contribution >= 4 is 11.6 Å². The predicted octanol–water partition coefficient (Wildman–Crippen LogP) is 4.74. The van der Waals surface area contributed by atoms with Gasteiger partial charge in [-0.1, -0.05) is 12.1 Å². The van der Waals surface area contributed by atoms with Crippen LogP contribution in [0, 0.1) is 18.3 Å². The molecule has 0 unspecified atom stereocenters. The lowest BCUT2D eigenvalue weighted by atomic mass is 9.71. The smallest absolute Gasteiger partial charge is 0.259 e. The van der Waals surface area contributed by atoms with Crippen molar-refractivity contribution in [2.24, 2.45) is 0 Å². The van der Waals surface area contributed by atoms with Gasteiger partial charge >= 0.3 is 0 Å². The first kappa shape index (κ1) is 24.8. The lowest BCUT2D eigenvalue weighted by Crippen LogP contribution is -2.47. The normalized spacial score (nSPS) is 24.1. The van der Waals surface area contributed by atoms with Gasteiger partial charge < -0.3 is 10.1 Å². The number of benzene rings is 1.